The number of para-hydroxylation sites is 1. The van der Waals surface area contributed by atoms with Crippen molar-refractivity contribution in [3.05, 3.63) is 44.9 Å². The Morgan fingerprint density at radius 3 is 2.60 bits per heavy atom. The predicted molar refractivity (Wildman–Crippen MR) is 90.7 cm³/mol. The largest absolute Gasteiger partial charge is 0.389 e. The molecule has 5 heteroatoms. The van der Waals surface area contributed by atoms with Gasteiger partial charge < -0.3 is 11.1 Å². The minimum Gasteiger partial charge on any atom is -0.389 e. The standard InChI is InChI=1S/C15H19N3S2/c1-8-6-5-7-12(15(16)19)13(8)18-10(3)14-9(2)17-11(4)20-14/h5-7,10,18H,1-4H3,(H2,16,19). The molecule has 3 nitrogen and oxygen atoms in total. The second-order valence-electron chi connectivity index (χ2n) is 4.91. The average molecular weight is 305 g/mol. The van der Waals surface area contributed by atoms with Crippen molar-refractivity contribution in [1.29, 1.82) is 0 Å². The van der Waals surface area contributed by atoms with Crippen molar-refractivity contribution < 1.29 is 0 Å². The van der Waals surface area contributed by atoms with E-state index in [1.165, 1.54) is 4.88 Å². The summed E-state index contributed by atoms with van der Waals surface area (Å²) >= 11 is 6.86. The molecular formula is C15H19N3S2. The van der Waals surface area contributed by atoms with E-state index in [4.69, 9.17) is 18.0 Å². The molecular weight excluding hydrogens is 286 g/mol. The third-order valence-corrected chi connectivity index (χ3v) is 4.71. The van der Waals surface area contributed by atoms with Gasteiger partial charge in [0.05, 0.1) is 16.7 Å². The van der Waals surface area contributed by atoms with Crippen LogP contribution < -0.4 is 11.1 Å². The zero-order valence-electron chi connectivity index (χ0n) is 12.2. The van der Waals surface area contributed by atoms with Crippen LogP contribution in [0.1, 0.15) is 39.7 Å². The van der Waals surface area contributed by atoms with Gasteiger partial charge >= 0.3 is 0 Å². The number of aryl methyl sites for hydroxylation is 3. The van der Waals surface area contributed by atoms with Gasteiger partial charge in [0.15, 0.2) is 0 Å². The van der Waals surface area contributed by atoms with Crippen LogP contribution in [0.3, 0.4) is 0 Å². The third kappa shape index (κ3) is 2.99. The fraction of sp³-hybridized carbons (Fsp3) is 0.333. The lowest BCUT2D eigenvalue weighted by molar-refractivity contribution is 0.887. The topological polar surface area (TPSA) is 50.9 Å². The molecule has 1 aromatic heterocycles. The van der Waals surface area contributed by atoms with Gasteiger partial charge in [0.2, 0.25) is 0 Å². The van der Waals surface area contributed by atoms with Crippen molar-refractivity contribution in [3.63, 3.8) is 0 Å². The Kier molecular flexibility index (Phi) is 4.40. The summed E-state index contributed by atoms with van der Waals surface area (Å²) in [7, 11) is 0. The third-order valence-electron chi connectivity index (χ3n) is 3.23. The van der Waals surface area contributed by atoms with E-state index in [1.807, 2.05) is 26.0 Å². The van der Waals surface area contributed by atoms with Crippen molar-refractivity contribution in [2.24, 2.45) is 5.73 Å². The van der Waals surface area contributed by atoms with Gasteiger partial charge in [-0.25, -0.2) is 4.98 Å². The van der Waals surface area contributed by atoms with Gasteiger partial charge in [0.25, 0.3) is 0 Å². The molecule has 0 aliphatic rings. The van der Waals surface area contributed by atoms with E-state index in [-0.39, 0.29) is 6.04 Å². The molecule has 1 aromatic carbocycles. The summed E-state index contributed by atoms with van der Waals surface area (Å²) in [4.78, 5) is 6.15. The number of anilines is 1. The lowest BCUT2D eigenvalue weighted by Gasteiger charge is -2.19. The number of hydrogen-bond acceptors (Lipinski definition) is 4. The van der Waals surface area contributed by atoms with Crippen molar-refractivity contribution in [2.75, 3.05) is 5.32 Å². The van der Waals surface area contributed by atoms with Crippen LogP contribution in [-0.2, 0) is 0 Å². The Labute approximate surface area is 129 Å². The van der Waals surface area contributed by atoms with E-state index in [0.29, 0.717) is 4.99 Å². The fourth-order valence-corrected chi connectivity index (χ4v) is 3.40. The van der Waals surface area contributed by atoms with Crippen LogP contribution in [0.2, 0.25) is 0 Å². The van der Waals surface area contributed by atoms with Crippen LogP contribution in [-0.4, -0.2) is 9.97 Å². The molecule has 3 N–H and O–H groups in total. The molecule has 1 unspecified atom stereocenters. The molecule has 0 radical (unpaired) electrons. The lowest BCUT2D eigenvalue weighted by atomic mass is 10.1. The molecule has 0 amide bonds. The predicted octanol–water partition coefficient (Wildman–Crippen LogP) is 3.88. The second kappa shape index (κ2) is 5.89. The zero-order valence-corrected chi connectivity index (χ0v) is 13.8. The maximum atomic E-state index is 5.81. The Balaban J connectivity index is 2.35. The van der Waals surface area contributed by atoms with E-state index in [1.54, 1.807) is 11.3 Å². The van der Waals surface area contributed by atoms with E-state index < -0.39 is 0 Å². The molecule has 2 aromatic rings. The first kappa shape index (κ1) is 14.9. The van der Waals surface area contributed by atoms with E-state index in [9.17, 15) is 0 Å². The highest BCUT2D eigenvalue weighted by molar-refractivity contribution is 7.80. The minimum atomic E-state index is 0.176. The molecule has 0 fully saturated rings. The molecule has 0 saturated carbocycles. The number of hydrogen-bond donors (Lipinski definition) is 2. The lowest BCUT2D eigenvalue weighted by Crippen LogP contribution is -2.16. The first-order valence-electron chi connectivity index (χ1n) is 6.50. The Hall–Kier alpha value is -1.46. The quantitative estimate of drug-likeness (QED) is 0.842. The number of benzene rings is 1. The molecule has 0 aliphatic heterocycles. The molecule has 1 heterocycles. The van der Waals surface area contributed by atoms with E-state index in [0.717, 1.165) is 27.5 Å². The number of thiocarbonyl (C=S) groups is 1. The zero-order chi connectivity index (χ0) is 14.9. The maximum Gasteiger partial charge on any atom is 0.106 e. The first-order chi connectivity index (χ1) is 9.40. The summed E-state index contributed by atoms with van der Waals surface area (Å²) in [6, 6.07) is 6.16. The first-order valence-corrected chi connectivity index (χ1v) is 7.72. The Bertz CT molecular complexity index is 647. The average Bonchev–Trinajstić information content (AvgIpc) is 2.70. The normalized spacial score (nSPS) is 12.2. The van der Waals surface area contributed by atoms with Crippen molar-refractivity contribution in [3.8, 4) is 0 Å². The molecule has 0 aliphatic carbocycles. The van der Waals surface area contributed by atoms with Gasteiger partial charge in [-0.3, -0.25) is 0 Å². The molecule has 0 saturated heterocycles. The number of nitrogens with two attached hydrogens (primary N) is 1. The highest BCUT2D eigenvalue weighted by Gasteiger charge is 2.16. The molecule has 2 rings (SSSR count). The molecule has 20 heavy (non-hydrogen) atoms. The van der Waals surface area contributed by atoms with E-state index in [2.05, 4.69) is 30.2 Å². The van der Waals surface area contributed by atoms with Crippen LogP contribution in [0.15, 0.2) is 18.2 Å². The monoisotopic (exact) mass is 305 g/mol. The number of aromatic nitrogens is 1. The van der Waals surface area contributed by atoms with Crippen LogP contribution in [0.25, 0.3) is 0 Å². The van der Waals surface area contributed by atoms with Crippen LogP contribution >= 0.6 is 23.6 Å². The Morgan fingerprint density at radius 2 is 2.05 bits per heavy atom. The minimum absolute atomic E-state index is 0.176. The summed E-state index contributed by atoms with van der Waals surface area (Å²) in [6.45, 7) is 8.27. The number of nitrogens with one attached hydrogen (secondary N) is 1. The smallest absolute Gasteiger partial charge is 0.106 e. The van der Waals surface area contributed by atoms with Crippen LogP contribution in [0, 0.1) is 20.8 Å². The molecule has 0 bridgehead atoms. The summed E-state index contributed by atoms with van der Waals surface area (Å²) in [5, 5.41) is 4.62. The van der Waals surface area contributed by atoms with Gasteiger partial charge in [0, 0.05) is 16.1 Å². The van der Waals surface area contributed by atoms with Gasteiger partial charge in [-0.05, 0) is 39.3 Å². The van der Waals surface area contributed by atoms with Crippen molar-refractivity contribution in [2.45, 2.75) is 33.7 Å². The van der Waals surface area contributed by atoms with Crippen molar-refractivity contribution in [1.82, 2.24) is 4.98 Å². The SMILES string of the molecule is Cc1nc(C)c(C(C)Nc2c(C)cccc2C(N)=S)s1. The van der Waals surface area contributed by atoms with Gasteiger partial charge in [-0.1, -0.05) is 24.4 Å². The highest BCUT2D eigenvalue weighted by atomic mass is 32.1. The molecule has 1 atom stereocenters. The van der Waals surface area contributed by atoms with Crippen LogP contribution in [0.5, 0.6) is 0 Å². The van der Waals surface area contributed by atoms with Gasteiger partial charge in [-0.2, -0.15) is 0 Å². The fourth-order valence-electron chi connectivity index (χ4n) is 2.30. The number of nitrogens with zero attached hydrogens (tertiary/aromatic N) is 1. The molecule has 106 valence electrons. The summed E-state index contributed by atoms with van der Waals surface area (Å²) in [6.07, 6.45) is 0. The van der Waals surface area contributed by atoms with Gasteiger partial charge in [-0.15, -0.1) is 11.3 Å². The second-order valence-corrected chi connectivity index (χ2v) is 6.58. The number of thiazole rings is 1. The highest BCUT2D eigenvalue weighted by Crippen LogP contribution is 2.30. The van der Waals surface area contributed by atoms with Crippen LogP contribution in [0.4, 0.5) is 5.69 Å². The van der Waals surface area contributed by atoms with Gasteiger partial charge in [0.1, 0.15) is 4.99 Å². The number of rotatable bonds is 4. The Morgan fingerprint density at radius 1 is 1.35 bits per heavy atom. The summed E-state index contributed by atoms with van der Waals surface area (Å²) in [5.74, 6) is 0. The van der Waals surface area contributed by atoms with E-state index >= 15 is 0 Å². The maximum absolute atomic E-state index is 5.81. The summed E-state index contributed by atoms with van der Waals surface area (Å²) in [5.41, 5.74) is 9.94. The molecule has 0 spiro atoms. The van der Waals surface area contributed by atoms with Crippen molar-refractivity contribution >= 4 is 34.2 Å². The summed E-state index contributed by atoms with van der Waals surface area (Å²) < 4.78 is 0.